The monoisotopic (exact) mass is 288 g/mol. The molecule has 1 aliphatic heterocycles. The van der Waals surface area contributed by atoms with Gasteiger partial charge in [-0.2, -0.15) is 0 Å². The maximum atomic E-state index is 12.7. The Morgan fingerprint density at radius 1 is 1.62 bits per heavy atom. The number of rotatable bonds is 3. The number of aliphatic hydroxyl groups is 1. The van der Waals surface area contributed by atoms with Crippen LogP contribution >= 0.6 is 0 Å². The Morgan fingerprint density at radius 3 is 3.24 bits per heavy atom. The quantitative estimate of drug-likeness (QED) is 0.840. The fraction of sp³-hybridized carbons (Fsp3) is 0.500. The maximum absolute atomic E-state index is 12.7. The molecule has 0 saturated carbocycles. The summed E-state index contributed by atoms with van der Waals surface area (Å²) in [4.78, 5) is 18.5. The Hall–Kier alpha value is -1.90. The van der Waals surface area contributed by atoms with Crippen molar-refractivity contribution in [3.8, 4) is 11.8 Å². The van der Waals surface area contributed by atoms with Crippen molar-refractivity contribution in [2.24, 2.45) is 5.92 Å². The number of likely N-dealkylation sites (tertiary alicyclic amines) is 1. The van der Waals surface area contributed by atoms with Gasteiger partial charge in [0.05, 0.1) is 17.7 Å². The number of carbonyl (C=O) groups is 1. The molecule has 1 N–H and O–H groups in total. The van der Waals surface area contributed by atoms with Gasteiger partial charge in [0.2, 0.25) is 0 Å². The first kappa shape index (κ1) is 15.5. The predicted molar refractivity (Wildman–Crippen MR) is 78.7 cm³/mol. The molecule has 0 radical (unpaired) electrons. The van der Waals surface area contributed by atoms with Crippen molar-refractivity contribution in [3.63, 3.8) is 0 Å². The zero-order valence-corrected chi connectivity index (χ0v) is 12.2. The second-order valence-electron chi connectivity index (χ2n) is 5.10. The Kier molecular flexibility index (Phi) is 5.73. The minimum atomic E-state index is -0.234. The molecule has 0 bridgehead atoms. The smallest absolute Gasteiger partial charge is 0.255 e. The number of amides is 1. The highest BCUT2D eigenvalue weighted by Crippen LogP contribution is 2.19. The van der Waals surface area contributed by atoms with Gasteiger partial charge in [-0.3, -0.25) is 9.78 Å². The standard InChI is InChI=1S/C16H20N2O3/c1-21-12-13-4-2-8-18(11-13)16(20)15-6-7-17-10-14(15)5-3-9-19/h6-7,10,13,19H,2,4,8-9,11-12H2,1H3. The Bertz CT molecular complexity index is 546. The Morgan fingerprint density at radius 2 is 2.48 bits per heavy atom. The molecule has 1 atom stereocenters. The van der Waals surface area contributed by atoms with Crippen LogP contribution in [-0.4, -0.2) is 54.3 Å². The molecule has 5 nitrogen and oxygen atoms in total. The van der Waals surface area contributed by atoms with Crippen LogP contribution in [0.4, 0.5) is 0 Å². The summed E-state index contributed by atoms with van der Waals surface area (Å²) >= 11 is 0. The molecule has 1 unspecified atom stereocenters. The first-order chi connectivity index (χ1) is 10.3. The lowest BCUT2D eigenvalue weighted by molar-refractivity contribution is 0.0570. The van der Waals surface area contributed by atoms with Crippen LogP contribution in [0, 0.1) is 17.8 Å². The van der Waals surface area contributed by atoms with Crippen LogP contribution in [-0.2, 0) is 4.74 Å². The highest BCUT2D eigenvalue weighted by Gasteiger charge is 2.25. The number of aliphatic hydroxyl groups excluding tert-OH is 1. The SMILES string of the molecule is COCC1CCCN(C(=O)c2ccncc2C#CCO)C1. The van der Waals surface area contributed by atoms with Gasteiger partial charge >= 0.3 is 0 Å². The van der Waals surface area contributed by atoms with E-state index in [1.165, 1.54) is 0 Å². The van der Waals surface area contributed by atoms with Crippen molar-refractivity contribution in [3.05, 3.63) is 29.6 Å². The van der Waals surface area contributed by atoms with Crippen molar-refractivity contribution < 1.29 is 14.6 Å². The van der Waals surface area contributed by atoms with E-state index >= 15 is 0 Å². The molecule has 0 aromatic carbocycles. The predicted octanol–water partition coefficient (Wildman–Crippen LogP) is 0.924. The molecular weight excluding hydrogens is 268 g/mol. The molecule has 0 aliphatic carbocycles. The van der Waals surface area contributed by atoms with E-state index < -0.39 is 0 Å². The number of ether oxygens (including phenoxy) is 1. The van der Waals surface area contributed by atoms with Crippen LogP contribution < -0.4 is 0 Å². The van der Waals surface area contributed by atoms with Crippen LogP contribution in [0.1, 0.15) is 28.8 Å². The van der Waals surface area contributed by atoms with E-state index in [1.807, 2.05) is 4.90 Å². The molecule has 0 spiro atoms. The van der Waals surface area contributed by atoms with E-state index in [0.717, 1.165) is 19.4 Å². The third kappa shape index (κ3) is 4.03. The minimum Gasteiger partial charge on any atom is -0.384 e. The maximum Gasteiger partial charge on any atom is 0.255 e. The zero-order valence-electron chi connectivity index (χ0n) is 12.2. The molecule has 1 fully saturated rings. The molecule has 2 heterocycles. The number of hydrogen-bond acceptors (Lipinski definition) is 4. The Labute approximate surface area is 124 Å². The van der Waals surface area contributed by atoms with Crippen LogP contribution in [0.5, 0.6) is 0 Å². The minimum absolute atomic E-state index is 0.0274. The topological polar surface area (TPSA) is 62.7 Å². The second-order valence-corrected chi connectivity index (χ2v) is 5.10. The fourth-order valence-corrected chi connectivity index (χ4v) is 2.61. The summed E-state index contributed by atoms with van der Waals surface area (Å²) in [5, 5.41) is 8.80. The average Bonchev–Trinajstić information content (AvgIpc) is 2.53. The van der Waals surface area contributed by atoms with Gasteiger partial charge in [0, 0.05) is 32.6 Å². The third-order valence-corrected chi connectivity index (χ3v) is 3.56. The number of aromatic nitrogens is 1. The number of methoxy groups -OCH3 is 1. The highest BCUT2D eigenvalue weighted by molar-refractivity contribution is 5.96. The number of carbonyl (C=O) groups excluding carboxylic acids is 1. The van der Waals surface area contributed by atoms with Crippen molar-refractivity contribution in [2.75, 3.05) is 33.4 Å². The molecule has 1 aliphatic rings. The molecule has 1 aromatic rings. The number of hydrogen-bond donors (Lipinski definition) is 1. The summed E-state index contributed by atoms with van der Waals surface area (Å²) in [6, 6.07) is 1.68. The highest BCUT2D eigenvalue weighted by atomic mass is 16.5. The zero-order chi connectivity index (χ0) is 15.1. The second kappa shape index (κ2) is 7.77. The normalized spacial score (nSPS) is 18.0. The number of nitrogens with zero attached hydrogens (tertiary/aromatic N) is 2. The lowest BCUT2D eigenvalue weighted by Crippen LogP contribution is -2.41. The van der Waals surface area contributed by atoms with Gasteiger partial charge in [0.1, 0.15) is 6.61 Å². The van der Waals surface area contributed by atoms with E-state index in [4.69, 9.17) is 9.84 Å². The summed E-state index contributed by atoms with van der Waals surface area (Å²) in [7, 11) is 1.69. The van der Waals surface area contributed by atoms with Crippen LogP contribution in [0.25, 0.3) is 0 Å². The van der Waals surface area contributed by atoms with Crippen LogP contribution in [0.2, 0.25) is 0 Å². The summed E-state index contributed by atoms with van der Waals surface area (Å²) in [5.74, 6) is 5.71. The fourth-order valence-electron chi connectivity index (χ4n) is 2.61. The van der Waals surface area contributed by atoms with E-state index in [9.17, 15) is 4.79 Å². The molecule has 21 heavy (non-hydrogen) atoms. The number of pyridine rings is 1. The summed E-state index contributed by atoms with van der Waals surface area (Å²) in [5.41, 5.74) is 1.11. The molecule has 2 rings (SSSR count). The first-order valence-corrected chi connectivity index (χ1v) is 7.08. The lowest BCUT2D eigenvalue weighted by atomic mass is 9.98. The third-order valence-electron chi connectivity index (χ3n) is 3.56. The van der Waals surface area contributed by atoms with Crippen LogP contribution in [0.15, 0.2) is 18.5 Å². The molecule has 1 aromatic heterocycles. The van der Waals surface area contributed by atoms with Crippen molar-refractivity contribution >= 4 is 5.91 Å². The Balaban J connectivity index is 2.16. The molecular formula is C16H20N2O3. The van der Waals surface area contributed by atoms with Crippen molar-refractivity contribution in [1.82, 2.24) is 9.88 Å². The van der Waals surface area contributed by atoms with Gasteiger partial charge in [-0.05, 0) is 24.8 Å². The van der Waals surface area contributed by atoms with Gasteiger partial charge < -0.3 is 14.7 Å². The first-order valence-electron chi connectivity index (χ1n) is 7.08. The van der Waals surface area contributed by atoms with Crippen LogP contribution in [0.3, 0.4) is 0 Å². The van der Waals surface area contributed by atoms with E-state index in [1.54, 1.807) is 25.6 Å². The lowest BCUT2D eigenvalue weighted by Gasteiger charge is -2.32. The number of piperidine rings is 1. The summed E-state index contributed by atoms with van der Waals surface area (Å²) in [6.07, 6.45) is 5.23. The van der Waals surface area contributed by atoms with E-state index in [2.05, 4.69) is 16.8 Å². The van der Waals surface area contributed by atoms with E-state index in [-0.39, 0.29) is 12.5 Å². The molecule has 112 valence electrons. The average molecular weight is 288 g/mol. The van der Waals surface area contributed by atoms with Crippen molar-refractivity contribution in [2.45, 2.75) is 12.8 Å². The van der Waals surface area contributed by atoms with Gasteiger partial charge in [0.15, 0.2) is 0 Å². The molecule has 1 amide bonds. The van der Waals surface area contributed by atoms with Gasteiger partial charge in [-0.15, -0.1) is 0 Å². The van der Waals surface area contributed by atoms with Crippen molar-refractivity contribution in [1.29, 1.82) is 0 Å². The van der Waals surface area contributed by atoms with Gasteiger partial charge in [-0.25, -0.2) is 0 Å². The molecule has 1 saturated heterocycles. The van der Waals surface area contributed by atoms with E-state index in [0.29, 0.717) is 30.2 Å². The van der Waals surface area contributed by atoms with Gasteiger partial charge in [0.25, 0.3) is 5.91 Å². The van der Waals surface area contributed by atoms with Gasteiger partial charge in [-0.1, -0.05) is 11.8 Å². The summed E-state index contributed by atoms with van der Waals surface area (Å²) in [6.45, 7) is 1.91. The largest absolute Gasteiger partial charge is 0.384 e. The molecule has 5 heteroatoms. The summed E-state index contributed by atoms with van der Waals surface area (Å²) < 4.78 is 5.19.